The summed E-state index contributed by atoms with van der Waals surface area (Å²) in [6.07, 6.45) is 7.38. The van der Waals surface area contributed by atoms with Gasteiger partial charge >= 0.3 is 0 Å². The predicted molar refractivity (Wildman–Crippen MR) is 83.8 cm³/mol. The van der Waals surface area contributed by atoms with Gasteiger partial charge in [-0.05, 0) is 67.9 Å². The Bertz CT molecular complexity index is 500. The molecule has 6 atom stereocenters. The molecule has 4 rings (SSSR count). The number of nitrogens with one attached hydrogen (secondary N) is 1. The molecule has 3 aliphatic rings. The van der Waals surface area contributed by atoms with Gasteiger partial charge in [0.1, 0.15) is 0 Å². The fourth-order valence-corrected chi connectivity index (χ4v) is 5.80. The lowest BCUT2D eigenvalue weighted by atomic mass is 9.79. The summed E-state index contributed by atoms with van der Waals surface area (Å²) in [6.45, 7) is 2.26. The van der Waals surface area contributed by atoms with Gasteiger partial charge in [-0.25, -0.2) is 0 Å². The average Bonchev–Trinajstić information content (AvgIpc) is 3.10. The lowest BCUT2D eigenvalue weighted by Gasteiger charge is -2.34. The van der Waals surface area contributed by atoms with Crippen LogP contribution in [0.2, 0.25) is 5.02 Å². The Labute approximate surface area is 127 Å². The van der Waals surface area contributed by atoms with Crippen LogP contribution in [0.5, 0.6) is 0 Å². The second kappa shape index (κ2) is 5.03. The highest BCUT2D eigenvalue weighted by Crippen LogP contribution is 2.58. The van der Waals surface area contributed by atoms with E-state index in [0.29, 0.717) is 6.04 Å². The Morgan fingerprint density at radius 3 is 2.75 bits per heavy atom. The molecule has 1 aromatic rings. The van der Waals surface area contributed by atoms with Gasteiger partial charge in [0.2, 0.25) is 0 Å². The van der Waals surface area contributed by atoms with Crippen LogP contribution in [0.15, 0.2) is 24.3 Å². The topological polar surface area (TPSA) is 12.0 Å². The molecule has 0 aromatic heterocycles. The molecule has 108 valence electrons. The minimum absolute atomic E-state index is 0.368. The third kappa shape index (κ3) is 2.02. The van der Waals surface area contributed by atoms with Crippen molar-refractivity contribution in [1.82, 2.24) is 5.32 Å². The summed E-state index contributed by atoms with van der Waals surface area (Å²) in [6, 6.07) is 9.36. The Hall–Kier alpha value is -0.530. The molecule has 0 radical (unpaired) electrons. The first-order valence-corrected chi connectivity index (χ1v) is 8.62. The second-order valence-electron chi connectivity index (χ2n) is 7.17. The zero-order chi connectivity index (χ0) is 13.7. The summed E-state index contributed by atoms with van der Waals surface area (Å²) in [4.78, 5) is 0. The van der Waals surface area contributed by atoms with E-state index in [4.69, 9.17) is 11.6 Å². The van der Waals surface area contributed by atoms with Gasteiger partial charge in [-0.1, -0.05) is 36.2 Å². The first-order chi connectivity index (χ1) is 9.74. The normalized spacial score (nSPS) is 40.0. The molecule has 0 saturated heterocycles. The molecule has 3 saturated carbocycles. The van der Waals surface area contributed by atoms with E-state index in [-0.39, 0.29) is 0 Å². The summed E-state index contributed by atoms with van der Waals surface area (Å²) in [7, 11) is 0. The van der Waals surface area contributed by atoms with Crippen molar-refractivity contribution in [3.05, 3.63) is 34.9 Å². The highest BCUT2D eigenvalue weighted by atomic mass is 35.5. The molecular formula is C18H24ClN. The van der Waals surface area contributed by atoms with E-state index in [9.17, 15) is 0 Å². The number of fused-ring (bicyclic) bond motifs is 5. The molecular weight excluding hydrogens is 266 g/mol. The molecule has 3 aliphatic carbocycles. The zero-order valence-electron chi connectivity index (χ0n) is 12.2. The number of halogens is 1. The largest absolute Gasteiger partial charge is 0.307 e. The molecule has 20 heavy (non-hydrogen) atoms. The van der Waals surface area contributed by atoms with Gasteiger partial charge in [0.15, 0.2) is 0 Å². The van der Waals surface area contributed by atoms with Gasteiger partial charge < -0.3 is 5.32 Å². The Kier molecular flexibility index (Phi) is 3.31. The third-order valence-corrected chi connectivity index (χ3v) is 6.61. The van der Waals surface area contributed by atoms with Gasteiger partial charge in [0, 0.05) is 17.1 Å². The van der Waals surface area contributed by atoms with E-state index < -0.39 is 0 Å². The van der Waals surface area contributed by atoms with Crippen LogP contribution in [0.25, 0.3) is 0 Å². The fraction of sp³-hybridized carbons (Fsp3) is 0.667. The van der Waals surface area contributed by atoms with Crippen LogP contribution in [-0.4, -0.2) is 6.04 Å². The number of rotatable bonds is 3. The molecule has 0 spiro atoms. The standard InChI is InChI=1S/C18H24ClN/c1-11(13-5-2-3-8-17(13)19)20-18-10-12-9-16(18)15-7-4-6-14(12)15/h2-3,5,8,11-12,14-16,18,20H,4,6-7,9-10H2,1H3/t11-,12?,14?,15?,16?,18?/m1/s1. The molecule has 3 fully saturated rings. The van der Waals surface area contributed by atoms with E-state index in [1.54, 1.807) is 0 Å². The van der Waals surface area contributed by atoms with Crippen molar-refractivity contribution in [1.29, 1.82) is 0 Å². The van der Waals surface area contributed by atoms with E-state index in [2.05, 4.69) is 24.4 Å². The van der Waals surface area contributed by atoms with E-state index in [1.807, 2.05) is 12.1 Å². The summed E-state index contributed by atoms with van der Waals surface area (Å²) >= 11 is 6.33. The van der Waals surface area contributed by atoms with E-state index >= 15 is 0 Å². The van der Waals surface area contributed by atoms with E-state index in [1.165, 1.54) is 37.7 Å². The fourth-order valence-electron chi connectivity index (χ4n) is 5.50. The zero-order valence-corrected chi connectivity index (χ0v) is 12.9. The van der Waals surface area contributed by atoms with Gasteiger partial charge in [-0.15, -0.1) is 0 Å². The smallest absolute Gasteiger partial charge is 0.0453 e. The predicted octanol–water partition coefficient (Wildman–Crippen LogP) is 4.82. The van der Waals surface area contributed by atoms with Crippen molar-refractivity contribution in [2.45, 2.75) is 51.1 Å². The number of benzene rings is 1. The minimum Gasteiger partial charge on any atom is -0.307 e. The minimum atomic E-state index is 0.368. The molecule has 1 nitrogen and oxygen atoms in total. The van der Waals surface area contributed by atoms with Gasteiger partial charge in [0.05, 0.1) is 0 Å². The summed E-state index contributed by atoms with van der Waals surface area (Å²) in [5.74, 6) is 4.07. The van der Waals surface area contributed by atoms with Crippen LogP contribution >= 0.6 is 11.6 Å². The van der Waals surface area contributed by atoms with Crippen molar-refractivity contribution >= 4 is 11.6 Å². The third-order valence-electron chi connectivity index (χ3n) is 6.26. The molecule has 0 aliphatic heterocycles. The van der Waals surface area contributed by atoms with Gasteiger partial charge in [0.25, 0.3) is 0 Å². The van der Waals surface area contributed by atoms with Crippen LogP contribution in [0, 0.1) is 23.7 Å². The van der Waals surface area contributed by atoms with Crippen molar-refractivity contribution in [3.8, 4) is 0 Å². The molecule has 5 unspecified atom stereocenters. The maximum absolute atomic E-state index is 6.33. The monoisotopic (exact) mass is 289 g/mol. The average molecular weight is 290 g/mol. The van der Waals surface area contributed by atoms with Crippen LogP contribution < -0.4 is 5.32 Å². The quantitative estimate of drug-likeness (QED) is 0.841. The SMILES string of the molecule is C[C@@H](NC1CC2CC1C1CCCC21)c1ccccc1Cl. The first kappa shape index (κ1) is 13.2. The van der Waals surface area contributed by atoms with Crippen LogP contribution in [0.3, 0.4) is 0 Å². The Balaban J connectivity index is 1.47. The lowest BCUT2D eigenvalue weighted by Crippen LogP contribution is -2.40. The number of hydrogen-bond donors (Lipinski definition) is 1. The molecule has 2 bridgehead atoms. The van der Waals surface area contributed by atoms with Crippen molar-refractivity contribution in [2.75, 3.05) is 0 Å². The van der Waals surface area contributed by atoms with E-state index in [0.717, 1.165) is 34.7 Å². The summed E-state index contributed by atoms with van der Waals surface area (Å²) < 4.78 is 0. The highest BCUT2D eigenvalue weighted by Gasteiger charge is 2.53. The van der Waals surface area contributed by atoms with Crippen molar-refractivity contribution in [2.24, 2.45) is 23.7 Å². The van der Waals surface area contributed by atoms with Crippen molar-refractivity contribution in [3.63, 3.8) is 0 Å². The lowest BCUT2D eigenvalue weighted by molar-refractivity contribution is 0.200. The van der Waals surface area contributed by atoms with Crippen LogP contribution in [0.4, 0.5) is 0 Å². The summed E-state index contributed by atoms with van der Waals surface area (Å²) in [5, 5.41) is 4.79. The molecule has 1 N–H and O–H groups in total. The van der Waals surface area contributed by atoms with Crippen LogP contribution in [0.1, 0.15) is 50.6 Å². The second-order valence-corrected chi connectivity index (χ2v) is 7.58. The molecule has 2 heteroatoms. The summed E-state index contributed by atoms with van der Waals surface area (Å²) in [5.41, 5.74) is 1.25. The van der Waals surface area contributed by atoms with Gasteiger partial charge in [-0.3, -0.25) is 0 Å². The Morgan fingerprint density at radius 2 is 1.90 bits per heavy atom. The highest BCUT2D eigenvalue weighted by molar-refractivity contribution is 6.31. The number of hydrogen-bond acceptors (Lipinski definition) is 1. The molecule has 0 amide bonds. The molecule has 1 aromatic carbocycles. The van der Waals surface area contributed by atoms with Gasteiger partial charge in [-0.2, -0.15) is 0 Å². The van der Waals surface area contributed by atoms with Crippen LogP contribution in [-0.2, 0) is 0 Å². The van der Waals surface area contributed by atoms with Crippen molar-refractivity contribution < 1.29 is 0 Å². The maximum Gasteiger partial charge on any atom is 0.0453 e. The Morgan fingerprint density at radius 1 is 1.10 bits per heavy atom. The maximum atomic E-state index is 6.33. The first-order valence-electron chi connectivity index (χ1n) is 8.24. The molecule has 0 heterocycles.